The van der Waals surface area contributed by atoms with Crippen molar-refractivity contribution in [1.29, 1.82) is 0 Å². The third-order valence-electron chi connectivity index (χ3n) is 10.7. The second-order valence-electron chi connectivity index (χ2n) is 13.6. The van der Waals surface area contributed by atoms with E-state index in [1.54, 1.807) is 0 Å². The second kappa shape index (κ2) is 10.6. The van der Waals surface area contributed by atoms with Crippen molar-refractivity contribution >= 4 is 105 Å². The van der Waals surface area contributed by atoms with Gasteiger partial charge in [0.05, 0.1) is 22.4 Å². The number of anilines is 3. The molecule has 0 bridgehead atoms. The van der Waals surface area contributed by atoms with E-state index in [-0.39, 0.29) is 0 Å². The summed E-state index contributed by atoms with van der Waals surface area (Å²) in [7, 11) is 0. The van der Waals surface area contributed by atoms with Gasteiger partial charge in [-0.3, -0.25) is 0 Å². The van der Waals surface area contributed by atoms with Gasteiger partial charge in [-0.05, 0) is 65.7 Å². The van der Waals surface area contributed by atoms with Crippen LogP contribution in [0.4, 0.5) is 17.1 Å². The van der Waals surface area contributed by atoms with Crippen LogP contribution < -0.4 is 4.90 Å². The number of furan rings is 4. The van der Waals surface area contributed by atoms with E-state index < -0.39 is 0 Å². The Morgan fingerprint density at radius 1 is 0.321 bits per heavy atom. The number of para-hydroxylation sites is 4. The molecule has 4 aromatic heterocycles. The lowest BCUT2D eigenvalue weighted by Gasteiger charge is -2.26. The Morgan fingerprint density at radius 2 is 0.943 bits per heavy atom. The van der Waals surface area contributed by atoms with Crippen LogP contribution in [0.25, 0.3) is 98.9 Å². The van der Waals surface area contributed by atoms with E-state index in [0.717, 1.165) is 116 Å². The van der Waals surface area contributed by atoms with Gasteiger partial charge < -0.3 is 22.6 Å². The molecule has 12 rings (SSSR count). The molecule has 0 aliphatic rings. The average molecular weight is 682 g/mol. The topological polar surface area (TPSA) is 55.8 Å². The maximum atomic E-state index is 7.20. The van der Waals surface area contributed by atoms with Crippen molar-refractivity contribution < 1.29 is 17.7 Å². The molecule has 5 nitrogen and oxygen atoms in total. The smallest absolute Gasteiger partial charge is 0.160 e. The Hall–Kier alpha value is -7.24. The van der Waals surface area contributed by atoms with E-state index in [1.165, 1.54) is 0 Å². The molecular weight excluding hydrogens is 655 g/mol. The minimum atomic E-state index is 0.761. The summed E-state index contributed by atoms with van der Waals surface area (Å²) in [5.74, 6) is 0. The molecule has 12 aromatic rings. The largest absolute Gasteiger partial charge is 0.456 e. The second-order valence-corrected chi connectivity index (χ2v) is 13.6. The first kappa shape index (κ1) is 28.5. The third-order valence-corrected chi connectivity index (χ3v) is 10.7. The van der Waals surface area contributed by atoms with E-state index in [4.69, 9.17) is 17.7 Å². The summed E-state index contributed by atoms with van der Waals surface area (Å²) in [6, 6.07) is 56.4. The van der Waals surface area contributed by atoms with Gasteiger partial charge in [0.2, 0.25) is 0 Å². The molecule has 248 valence electrons. The first-order valence-corrected chi connectivity index (χ1v) is 17.7. The van der Waals surface area contributed by atoms with Gasteiger partial charge in [0.15, 0.2) is 11.2 Å². The fourth-order valence-electron chi connectivity index (χ4n) is 8.34. The zero-order valence-corrected chi connectivity index (χ0v) is 28.2. The summed E-state index contributed by atoms with van der Waals surface area (Å²) in [5.41, 5.74) is 11.3. The molecule has 0 unspecified atom stereocenters. The quantitative estimate of drug-likeness (QED) is 0.185. The average Bonchev–Trinajstić information content (AvgIpc) is 3.98. The first-order chi connectivity index (χ1) is 26.3. The lowest BCUT2D eigenvalue weighted by Crippen LogP contribution is -2.10. The number of fused-ring (bicyclic) bond motifs is 13. The zero-order valence-electron chi connectivity index (χ0n) is 28.2. The van der Waals surface area contributed by atoms with Gasteiger partial charge >= 0.3 is 0 Å². The Balaban J connectivity index is 1.22. The lowest BCUT2D eigenvalue weighted by atomic mass is 9.97. The van der Waals surface area contributed by atoms with Crippen molar-refractivity contribution in [3.8, 4) is 11.1 Å². The maximum absolute atomic E-state index is 7.20. The Bertz CT molecular complexity index is 3410. The molecule has 0 amide bonds. The molecule has 53 heavy (non-hydrogen) atoms. The van der Waals surface area contributed by atoms with Gasteiger partial charge in [0.1, 0.15) is 33.5 Å². The van der Waals surface area contributed by atoms with Crippen molar-refractivity contribution in [2.45, 2.75) is 0 Å². The molecule has 0 aliphatic heterocycles. The summed E-state index contributed by atoms with van der Waals surface area (Å²) in [6.45, 7) is 0. The molecule has 0 saturated heterocycles. The summed E-state index contributed by atoms with van der Waals surface area (Å²) in [5, 5.41) is 8.30. The van der Waals surface area contributed by atoms with Crippen LogP contribution >= 0.6 is 0 Å². The minimum Gasteiger partial charge on any atom is -0.456 e. The van der Waals surface area contributed by atoms with Crippen LogP contribution in [0, 0.1) is 0 Å². The summed E-state index contributed by atoms with van der Waals surface area (Å²) < 4.78 is 26.7. The molecular formula is C48H27NO4. The number of rotatable bonds is 4. The molecule has 0 saturated carbocycles. The molecule has 0 fully saturated rings. The van der Waals surface area contributed by atoms with Gasteiger partial charge in [0.25, 0.3) is 0 Å². The van der Waals surface area contributed by atoms with E-state index in [0.29, 0.717) is 0 Å². The van der Waals surface area contributed by atoms with E-state index in [2.05, 4.69) is 114 Å². The Labute approximate surface area is 301 Å². The number of hydrogen-bond donors (Lipinski definition) is 0. The maximum Gasteiger partial charge on any atom is 0.160 e. The van der Waals surface area contributed by atoms with Gasteiger partial charge in [0, 0.05) is 43.8 Å². The van der Waals surface area contributed by atoms with Crippen LogP contribution in [0.5, 0.6) is 0 Å². The van der Waals surface area contributed by atoms with E-state index >= 15 is 0 Å². The molecule has 4 heterocycles. The molecule has 0 aliphatic carbocycles. The van der Waals surface area contributed by atoms with Crippen LogP contribution in [0.3, 0.4) is 0 Å². The highest BCUT2D eigenvalue weighted by Crippen LogP contribution is 2.50. The van der Waals surface area contributed by atoms with Gasteiger partial charge in [-0.15, -0.1) is 0 Å². The molecule has 8 aromatic carbocycles. The highest BCUT2D eigenvalue weighted by atomic mass is 16.4. The normalized spacial score (nSPS) is 12.2. The summed E-state index contributed by atoms with van der Waals surface area (Å²) in [4.78, 5) is 2.25. The number of hydrogen-bond acceptors (Lipinski definition) is 5. The van der Waals surface area contributed by atoms with Crippen LogP contribution in [-0.2, 0) is 0 Å². The summed E-state index contributed by atoms with van der Waals surface area (Å²) in [6.07, 6.45) is 0. The van der Waals surface area contributed by atoms with Crippen molar-refractivity contribution in [2.24, 2.45) is 0 Å². The lowest BCUT2D eigenvalue weighted by molar-refractivity contribution is 0.662. The van der Waals surface area contributed by atoms with Crippen LogP contribution in [0.1, 0.15) is 0 Å². The molecule has 0 N–H and O–H groups in total. The fraction of sp³-hybridized carbons (Fsp3) is 0. The predicted molar refractivity (Wildman–Crippen MR) is 216 cm³/mol. The minimum absolute atomic E-state index is 0.761. The molecule has 0 atom stereocenters. The highest BCUT2D eigenvalue weighted by Gasteiger charge is 2.27. The van der Waals surface area contributed by atoms with Crippen molar-refractivity contribution in [3.63, 3.8) is 0 Å². The SMILES string of the molecule is c1ccc(-c2ccc(N(c3ccc4c(c3)oc3ccccc34)c3cccc4c3oc3ccccc34)c3oc4c(ccc5oc6ccccc6c54)c23)cc1. The van der Waals surface area contributed by atoms with Crippen LogP contribution in [0.2, 0.25) is 0 Å². The van der Waals surface area contributed by atoms with Crippen molar-refractivity contribution in [1.82, 2.24) is 0 Å². The predicted octanol–water partition coefficient (Wildman–Crippen LogP) is 14.4. The fourth-order valence-corrected chi connectivity index (χ4v) is 8.34. The Kier molecular flexibility index (Phi) is 5.71. The van der Waals surface area contributed by atoms with E-state index in [1.807, 2.05) is 54.6 Å². The summed E-state index contributed by atoms with van der Waals surface area (Å²) >= 11 is 0. The third kappa shape index (κ3) is 4.02. The molecule has 0 radical (unpaired) electrons. The van der Waals surface area contributed by atoms with Crippen molar-refractivity contribution in [2.75, 3.05) is 4.90 Å². The number of benzene rings is 8. The standard InChI is InChI=1S/C48H27NO4/c1-2-11-28(12-3-1)30-23-25-38(48-44(30)36-24-26-42-45(47(36)53-48)35-15-6-9-20-41(35)50-42)49(29-21-22-33-31-13-4-7-18-39(31)51-43(33)27-29)37-17-10-16-34-32-14-5-8-19-40(32)52-46(34)37/h1-27H. The molecule has 5 heteroatoms. The van der Waals surface area contributed by atoms with Crippen LogP contribution in [-0.4, -0.2) is 0 Å². The zero-order chi connectivity index (χ0) is 34.6. The van der Waals surface area contributed by atoms with Gasteiger partial charge in [-0.1, -0.05) is 103 Å². The monoisotopic (exact) mass is 681 g/mol. The van der Waals surface area contributed by atoms with Gasteiger partial charge in [-0.2, -0.15) is 0 Å². The highest BCUT2D eigenvalue weighted by molar-refractivity contribution is 6.26. The Morgan fingerprint density at radius 3 is 1.77 bits per heavy atom. The molecule has 0 spiro atoms. The van der Waals surface area contributed by atoms with Crippen molar-refractivity contribution in [3.05, 3.63) is 164 Å². The number of nitrogens with zero attached hydrogens (tertiary/aromatic N) is 1. The van der Waals surface area contributed by atoms with Gasteiger partial charge in [-0.25, -0.2) is 0 Å². The first-order valence-electron chi connectivity index (χ1n) is 17.7. The van der Waals surface area contributed by atoms with Crippen LogP contribution in [0.15, 0.2) is 181 Å². The van der Waals surface area contributed by atoms with E-state index in [9.17, 15) is 0 Å².